The van der Waals surface area contributed by atoms with Crippen LogP contribution in [0.1, 0.15) is 65.2 Å². The molecule has 1 heterocycles. The molecule has 6 heteroatoms. The Labute approximate surface area is 144 Å². The first-order valence-corrected chi connectivity index (χ1v) is 9.46. The van der Waals surface area contributed by atoms with Crippen molar-refractivity contribution in [2.24, 2.45) is 0 Å². The molecule has 2 amide bonds. The lowest BCUT2D eigenvalue weighted by atomic mass is 9.96. The molecule has 0 saturated heterocycles. The Kier molecular flexibility index (Phi) is 7.56. The van der Waals surface area contributed by atoms with Crippen LogP contribution >= 0.6 is 0 Å². The van der Waals surface area contributed by atoms with Gasteiger partial charge in [-0.2, -0.15) is 0 Å². The van der Waals surface area contributed by atoms with Crippen LogP contribution in [0.15, 0.2) is 11.3 Å². The van der Waals surface area contributed by atoms with E-state index in [1.807, 2.05) is 6.92 Å². The molecular weight excluding hydrogens is 306 g/mol. The Balaban J connectivity index is 2.08. The molecule has 4 N–H and O–H groups in total. The van der Waals surface area contributed by atoms with Crippen LogP contribution in [0.4, 0.5) is 4.79 Å². The summed E-state index contributed by atoms with van der Waals surface area (Å²) in [4.78, 5) is 24.2. The predicted octanol–water partition coefficient (Wildman–Crippen LogP) is 1.57. The van der Waals surface area contributed by atoms with E-state index in [-0.39, 0.29) is 18.0 Å². The Hall–Kier alpha value is -1.56. The van der Waals surface area contributed by atoms with Gasteiger partial charge in [-0.05, 0) is 39.0 Å². The van der Waals surface area contributed by atoms with Crippen LogP contribution < -0.4 is 16.0 Å². The number of amides is 2. The predicted molar refractivity (Wildman–Crippen MR) is 92.3 cm³/mol. The minimum absolute atomic E-state index is 0.226. The Morgan fingerprint density at radius 1 is 1.17 bits per heavy atom. The van der Waals surface area contributed by atoms with Crippen LogP contribution in [-0.4, -0.2) is 37.2 Å². The molecule has 136 valence electrons. The maximum absolute atomic E-state index is 12.4. The summed E-state index contributed by atoms with van der Waals surface area (Å²) >= 11 is 0. The number of quaternary nitrogens is 1. The maximum atomic E-state index is 12.4. The van der Waals surface area contributed by atoms with Gasteiger partial charge in [0.1, 0.15) is 6.54 Å². The third kappa shape index (κ3) is 5.23. The first-order chi connectivity index (χ1) is 11.7. The van der Waals surface area contributed by atoms with E-state index < -0.39 is 0 Å². The van der Waals surface area contributed by atoms with E-state index in [0.29, 0.717) is 36.9 Å². The number of rotatable bonds is 6. The first-order valence-electron chi connectivity index (χ1n) is 9.46. The molecule has 1 aliphatic carbocycles. The fourth-order valence-corrected chi connectivity index (χ4v) is 3.63. The highest BCUT2D eigenvalue weighted by Crippen LogP contribution is 2.17. The van der Waals surface area contributed by atoms with Crippen LogP contribution in [0, 0.1) is 0 Å². The Morgan fingerprint density at radius 3 is 2.46 bits per heavy atom. The van der Waals surface area contributed by atoms with Gasteiger partial charge < -0.3 is 20.7 Å². The Morgan fingerprint density at radius 2 is 1.83 bits per heavy atom. The minimum Gasteiger partial charge on any atom is -0.463 e. The van der Waals surface area contributed by atoms with Crippen LogP contribution in [0.3, 0.4) is 0 Å². The summed E-state index contributed by atoms with van der Waals surface area (Å²) in [6.07, 6.45) is 9.64. The highest BCUT2D eigenvalue weighted by molar-refractivity contribution is 5.94. The number of esters is 1. The zero-order valence-electron chi connectivity index (χ0n) is 15.0. The van der Waals surface area contributed by atoms with Crippen molar-refractivity contribution in [2.75, 3.05) is 13.2 Å². The fraction of sp³-hybridized carbons (Fsp3) is 0.778. The highest BCUT2D eigenvalue weighted by atomic mass is 16.5. The van der Waals surface area contributed by atoms with Crippen LogP contribution in [0.5, 0.6) is 0 Å². The molecular formula is C18H32N3O3+. The number of carbonyl (C=O) groups is 2. The molecule has 24 heavy (non-hydrogen) atoms. The summed E-state index contributed by atoms with van der Waals surface area (Å²) in [6.45, 7) is 4.73. The Bertz CT molecular complexity index is 468. The summed E-state index contributed by atoms with van der Waals surface area (Å²) in [5, 5.41) is 7.94. The van der Waals surface area contributed by atoms with E-state index in [1.165, 1.54) is 44.9 Å². The largest absolute Gasteiger partial charge is 0.463 e. The van der Waals surface area contributed by atoms with Gasteiger partial charge in [0.05, 0.1) is 30.0 Å². The quantitative estimate of drug-likeness (QED) is 0.643. The molecule has 0 bridgehead atoms. The smallest absolute Gasteiger partial charge is 0.338 e. The zero-order valence-corrected chi connectivity index (χ0v) is 15.0. The van der Waals surface area contributed by atoms with Crippen LogP contribution in [-0.2, 0) is 9.53 Å². The second-order valence-electron chi connectivity index (χ2n) is 6.72. The van der Waals surface area contributed by atoms with E-state index in [1.54, 1.807) is 6.92 Å². The molecule has 0 unspecified atom stereocenters. The standard InChI is InChI=1S/C18H31N3O3/c1-3-14-16(17(22)24-4-2)15(21-18(23)20-14)12-19-13-10-8-6-5-7-9-11-13/h13-14,19H,3-12H2,1-2H3,(H2,20,21,23)/p+1/t14-/m0/s1. The average molecular weight is 338 g/mol. The third-order valence-electron chi connectivity index (χ3n) is 4.95. The van der Waals surface area contributed by atoms with Crippen LogP contribution in [0.2, 0.25) is 0 Å². The normalized spacial score (nSPS) is 23.1. The van der Waals surface area contributed by atoms with Crippen molar-refractivity contribution < 1.29 is 19.6 Å². The summed E-state index contributed by atoms with van der Waals surface area (Å²) in [7, 11) is 0. The molecule has 0 radical (unpaired) electrons. The number of nitrogens with one attached hydrogen (secondary N) is 2. The third-order valence-corrected chi connectivity index (χ3v) is 4.95. The number of nitrogens with two attached hydrogens (primary N) is 1. The molecule has 1 fully saturated rings. The molecule has 0 aromatic heterocycles. The van der Waals surface area contributed by atoms with E-state index in [0.717, 1.165) is 0 Å². The number of hydrogen-bond acceptors (Lipinski definition) is 3. The van der Waals surface area contributed by atoms with Crippen molar-refractivity contribution >= 4 is 12.0 Å². The fourth-order valence-electron chi connectivity index (χ4n) is 3.63. The molecule has 2 rings (SSSR count). The molecule has 0 aromatic carbocycles. The van der Waals surface area contributed by atoms with Gasteiger partial charge >= 0.3 is 12.0 Å². The van der Waals surface area contributed by atoms with Gasteiger partial charge in [0, 0.05) is 0 Å². The second-order valence-corrected chi connectivity index (χ2v) is 6.72. The van der Waals surface area contributed by atoms with Crippen molar-refractivity contribution in [3.63, 3.8) is 0 Å². The van der Waals surface area contributed by atoms with Gasteiger partial charge in [-0.1, -0.05) is 26.2 Å². The number of urea groups is 1. The van der Waals surface area contributed by atoms with Crippen molar-refractivity contribution in [3.8, 4) is 0 Å². The summed E-state index contributed by atoms with van der Waals surface area (Å²) in [5.74, 6) is -0.321. The zero-order chi connectivity index (χ0) is 17.4. The molecule has 6 nitrogen and oxygen atoms in total. The van der Waals surface area contributed by atoms with E-state index in [4.69, 9.17) is 4.74 Å². The van der Waals surface area contributed by atoms with Crippen LogP contribution in [0.25, 0.3) is 0 Å². The van der Waals surface area contributed by atoms with Gasteiger partial charge in [0.15, 0.2) is 0 Å². The van der Waals surface area contributed by atoms with Gasteiger partial charge in [-0.15, -0.1) is 0 Å². The lowest BCUT2D eigenvalue weighted by Crippen LogP contribution is -2.91. The van der Waals surface area contributed by atoms with Gasteiger partial charge in [0.2, 0.25) is 0 Å². The molecule has 1 atom stereocenters. The monoisotopic (exact) mass is 338 g/mol. The maximum Gasteiger partial charge on any atom is 0.338 e. The number of ether oxygens (including phenoxy) is 1. The summed E-state index contributed by atoms with van der Waals surface area (Å²) in [5.41, 5.74) is 1.30. The lowest BCUT2D eigenvalue weighted by molar-refractivity contribution is -0.684. The SMILES string of the molecule is CCOC(=O)C1=C(C[NH2+]C2CCCCCCC2)NC(=O)N[C@H]1CC. The minimum atomic E-state index is -0.321. The van der Waals surface area contributed by atoms with Gasteiger partial charge in [-0.3, -0.25) is 0 Å². The topological polar surface area (TPSA) is 84.0 Å². The highest BCUT2D eigenvalue weighted by Gasteiger charge is 2.32. The number of hydrogen-bond donors (Lipinski definition) is 3. The van der Waals surface area contributed by atoms with E-state index >= 15 is 0 Å². The number of carbonyl (C=O) groups excluding carboxylic acids is 2. The van der Waals surface area contributed by atoms with Gasteiger partial charge in [0.25, 0.3) is 0 Å². The van der Waals surface area contributed by atoms with Gasteiger partial charge in [-0.25, -0.2) is 9.59 Å². The average Bonchev–Trinajstić information content (AvgIpc) is 2.53. The molecule has 0 aromatic rings. The first kappa shape index (κ1) is 18.8. The van der Waals surface area contributed by atoms with Crippen molar-refractivity contribution in [1.29, 1.82) is 0 Å². The lowest BCUT2D eigenvalue weighted by Gasteiger charge is -2.28. The van der Waals surface area contributed by atoms with Crippen molar-refractivity contribution in [1.82, 2.24) is 10.6 Å². The molecule has 1 aliphatic heterocycles. The van der Waals surface area contributed by atoms with E-state index in [9.17, 15) is 9.59 Å². The summed E-state index contributed by atoms with van der Waals surface area (Å²) < 4.78 is 5.21. The molecule has 2 aliphatic rings. The second kappa shape index (κ2) is 9.67. The van der Waals surface area contributed by atoms with Crippen molar-refractivity contribution in [3.05, 3.63) is 11.3 Å². The van der Waals surface area contributed by atoms with Crippen molar-refractivity contribution in [2.45, 2.75) is 77.3 Å². The van der Waals surface area contributed by atoms with E-state index in [2.05, 4.69) is 16.0 Å². The summed E-state index contributed by atoms with van der Waals surface area (Å²) in [6, 6.07) is 0.0857. The molecule has 0 spiro atoms. The molecule has 1 saturated carbocycles.